The Balaban J connectivity index is 0.00000481. The van der Waals surface area contributed by atoms with Crippen molar-refractivity contribution >= 4 is 34.6 Å². The van der Waals surface area contributed by atoms with Crippen molar-refractivity contribution in [3.05, 3.63) is 70.6 Å². The maximum absolute atomic E-state index is 15.3. The van der Waals surface area contributed by atoms with Crippen LogP contribution in [-0.2, 0) is 21.5 Å². The van der Waals surface area contributed by atoms with Gasteiger partial charge < -0.3 is 19.1 Å². The Morgan fingerprint density at radius 3 is 2.46 bits per heavy atom. The zero-order chi connectivity index (χ0) is 26.5. The Labute approximate surface area is 227 Å². The van der Waals surface area contributed by atoms with Gasteiger partial charge in [0.15, 0.2) is 23.1 Å². The van der Waals surface area contributed by atoms with Gasteiger partial charge in [0.05, 0.1) is 31.9 Å². The van der Waals surface area contributed by atoms with Crippen molar-refractivity contribution in [3.63, 3.8) is 0 Å². The van der Waals surface area contributed by atoms with Crippen LogP contribution in [0.1, 0.15) is 61.7 Å². The molecule has 0 saturated heterocycles. The summed E-state index contributed by atoms with van der Waals surface area (Å²) in [7, 11) is 0. The van der Waals surface area contributed by atoms with Crippen LogP contribution < -0.4 is 9.47 Å². The Morgan fingerprint density at radius 2 is 1.81 bits per heavy atom. The number of halogens is 2. The molecular weight excluding hydrogens is 543 g/mol. The van der Waals surface area contributed by atoms with Crippen LogP contribution in [0.2, 0.25) is 0 Å². The number of rotatable bonds is 11. The Kier molecular flexibility index (Phi) is 10.4. The second-order valence-corrected chi connectivity index (χ2v) is 8.93. The predicted octanol–water partition coefficient (Wildman–Crippen LogP) is 5.62. The SMILES string of the molecule is Br.CCOC(=O)/C=C/C(C)(C)c1cccc(C(=O)CN2Cc3cc(OCC)c(OCC)c(F)c3C2=N)c1. The quantitative estimate of drug-likeness (QED) is 0.212. The number of nitrogens with one attached hydrogen (secondary N) is 1. The van der Waals surface area contributed by atoms with E-state index in [4.69, 9.17) is 19.6 Å². The van der Waals surface area contributed by atoms with E-state index < -0.39 is 17.2 Å². The molecule has 2 aromatic carbocycles. The standard InChI is InChI=1S/C28H33FN2O5.BrH/c1-6-34-22-15-19-16-31(27(30)24(19)25(29)26(22)36-8-3)17-21(32)18-10-9-11-20(14-18)28(4,5)13-12-23(33)35-7-2;/h9-15,30H,6-8,16-17H2,1-5H3;1H/b13-12+,30-27?;. The van der Waals surface area contributed by atoms with Crippen LogP contribution in [0.15, 0.2) is 42.5 Å². The molecule has 0 radical (unpaired) electrons. The van der Waals surface area contributed by atoms with E-state index in [1.807, 2.05) is 19.9 Å². The summed E-state index contributed by atoms with van der Waals surface area (Å²) in [6.45, 7) is 10.2. The molecule has 1 aliphatic heterocycles. The highest BCUT2D eigenvalue weighted by molar-refractivity contribution is 8.93. The minimum atomic E-state index is -0.644. The molecule has 0 amide bonds. The number of ketones is 1. The predicted molar refractivity (Wildman–Crippen MR) is 146 cm³/mol. The fourth-order valence-electron chi connectivity index (χ4n) is 4.08. The number of allylic oxidation sites excluding steroid dienone is 1. The molecule has 0 aliphatic carbocycles. The summed E-state index contributed by atoms with van der Waals surface area (Å²) in [5.74, 6) is -1.04. The van der Waals surface area contributed by atoms with E-state index in [0.29, 0.717) is 30.1 Å². The van der Waals surface area contributed by atoms with E-state index in [1.54, 1.807) is 56.0 Å². The van der Waals surface area contributed by atoms with Crippen molar-refractivity contribution in [2.45, 2.75) is 46.6 Å². The first-order chi connectivity index (χ1) is 17.1. The van der Waals surface area contributed by atoms with Crippen molar-refractivity contribution in [1.29, 1.82) is 5.41 Å². The number of ether oxygens (including phenoxy) is 3. The molecule has 7 nitrogen and oxygen atoms in total. The van der Waals surface area contributed by atoms with Crippen molar-refractivity contribution in [2.24, 2.45) is 0 Å². The van der Waals surface area contributed by atoms with Crippen molar-refractivity contribution in [2.75, 3.05) is 26.4 Å². The van der Waals surface area contributed by atoms with E-state index in [9.17, 15) is 9.59 Å². The zero-order valence-electron chi connectivity index (χ0n) is 21.9. The topological polar surface area (TPSA) is 88.9 Å². The van der Waals surface area contributed by atoms with Gasteiger partial charge >= 0.3 is 5.97 Å². The number of carbonyl (C=O) groups is 2. The number of hydrogen-bond donors (Lipinski definition) is 1. The number of fused-ring (bicyclic) bond motifs is 1. The van der Waals surface area contributed by atoms with Gasteiger partial charge in [0, 0.05) is 23.6 Å². The first-order valence-electron chi connectivity index (χ1n) is 12.1. The van der Waals surface area contributed by atoms with Crippen molar-refractivity contribution < 1.29 is 28.2 Å². The monoisotopic (exact) mass is 576 g/mol. The van der Waals surface area contributed by atoms with Gasteiger partial charge in [-0.25, -0.2) is 9.18 Å². The van der Waals surface area contributed by atoms with Crippen molar-refractivity contribution in [1.82, 2.24) is 4.90 Å². The van der Waals surface area contributed by atoms with Gasteiger partial charge in [-0.1, -0.05) is 38.1 Å². The molecule has 9 heteroatoms. The average Bonchev–Trinajstić information content (AvgIpc) is 3.15. The summed E-state index contributed by atoms with van der Waals surface area (Å²) in [6, 6.07) is 8.86. The molecule has 0 bridgehead atoms. The molecular formula is C28H34BrFN2O5. The lowest BCUT2D eigenvalue weighted by Crippen LogP contribution is -2.30. The van der Waals surface area contributed by atoms with Gasteiger partial charge in [-0.3, -0.25) is 10.2 Å². The molecule has 0 saturated carbocycles. The number of nitrogens with zero attached hydrogens (tertiary/aromatic N) is 1. The van der Waals surface area contributed by atoms with Crippen LogP contribution in [0.25, 0.3) is 0 Å². The van der Waals surface area contributed by atoms with E-state index >= 15 is 4.39 Å². The Hall–Kier alpha value is -3.20. The second-order valence-electron chi connectivity index (χ2n) is 8.93. The highest BCUT2D eigenvalue weighted by Gasteiger charge is 2.33. The summed E-state index contributed by atoms with van der Waals surface area (Å²) in [5, 5.41) is 8.54. The third kappa shape index (κ3) is 6.77. The number of Topliss-reactive ketones (excluding diaryl/α,β-unsaturated/α-hetero) is 1. The van der Waals surface area contributed by atoms with Crippen LogP contribution in [0.4, 0.5) is 4.39 Å². The van der Waals surface area contributed by atoms with E-state index in [1.165, 1.54) is 6.08 Å². The highest BCUT2D eigenvalue weighted by atomic mass is 79.9. The first kappa shape index (κ1) is 30.0. The fourth-order valence-corrected chi connectivity index (χ4v) is 4.08. The van der Waals surface area contributed by atoms with Gasteiger partial charge in [-0.15, -0.1) is 17.0 Å². The number of carbonyl (C=O) groups excluding carboxylic acids is 2. The molecule has 1 aliphatic rings. The number of amidine groups is 1. The fraction of sp³-hybridized carbons (Fsp3) is 0.393. The summed E-state index contributed by atoms with van der Waals surface area (Å²) >= 11 is 0. The minimum absolute atomic E-state index is 0. The van der Waals surface area contributed by atoms with E-state index in [0.717, 1.165) is 5.56 Å². The van der Waals surface area contributed by atoms with Crippen LogP contribution in [-0.4, -0.2) is 48.9 Å². The zero-order valence-corrected chi connectivity index (χ0v) is 23.6. The Bertz CT molecular complexity index is 1200. The molecule has 3 rings (SSSR count). The summed E-state index contributed by atoms with van der Waals surface area (Å²) in [6.07, 6.45) is 3.14. The second kappa shape index (κ2) is 12.9. The maximum atomic E-state index is 15.3. The summed E-state index contributed by atoms with van der Waals surface area (Å²) in [5.41, 5.74) is 1.51. The first-order valence-corrected chi connectivity index (χ1v) is 12.1. The van der Waals surface area contributed by atoms with Gasteiger partial charge in [0.25, 0.3) is 0 Å². The summed E-state index contributed by atoms with van der Waals surface area (Å²) in [4.78, 5) is 26.4. The molecule has 0 aromatic heterocycles. The lowest BCUT2D eigenvalue weighted by Gasteiger charge is -2.22. The molecule has 200 valence electrons. The molecule has 0 fully saturated rings. The third-order valence-corrected chi connectivity index (χ3v) is 5.96. The number of benzene rings is 2. The maximum Gasteiger partial charge on any atom is 0.330 e. The Morgan fingerprint density at radius 1 is 1.11 bits per heavy atom. The highest BCUT2D eigenvalue weighted by Crippen LogP contribution is 2.39. The lowest BCUT2D eigenvalue weighted by molar-refractivity contribution is -0.137. The van der Waals surface area contributed by atoms with Crippen LogP contribution >= 0.6 is 17.0 Å². The van der Waals surface area contributed by atoms with Gasteiger partial charge in [-0.2, -0.15) is 0 Å². The van der Waals surface area contributed by atoms with Crippen LogP contribution in [0.3, 0.4) is 0 Å². The number of hydrogen-bond acceptors (Lipinski definition) is 6. The van der Waals surface area contributed by atoms with Crippen LogP contribution in [0, 0.1) is 11.2 Å². The largest absolute Gasteiger partial charge is 0.490 e. The lowest BCUT2D eigenvalue weighted by atomic mass is 9.83. The molecule has 0 spiro atoms. The van der Waals surface area contributed by atoms with E-state index in [2.05, 4.69) is 0 Å². The average molecular weight is 577 g/mol. The van der Waals surface area contributed by atoms with Gasteiger partial charge in [0.1, 0.15) is 5.84 Å². The van der Waals surface area contributed by atoms with E-state index in [-0.39, 0.29) is 59.6 Å². The minimum Gasteiger partial charge on any atom is -0.490 e. The molecule has 2 aromatic rings. The molecule has 0 unspecified atom stereocenters. The van der Waals surface area contributed by atoms with Crippen molar-refractivity contribution in [3.8, 4) is 11.5 Å². The number of esters is 1. The van der Waals surface area contributed by atoms with Crippen LogP contribution in [0.5, 0.6) is 11.5 Å². The molecule has 1 N–H and O–H groups in total. The smallest absolute Gasteiger partial charge is 0.330 e. The molecule has 1 heterocycles. The molecule has 0 atom stereocenters. The summed E-state index contributed by atoms with van der Waals surface area (Å²) < 4.78 is 31.3. The third-order valence-electron chi connectivity index (χ3n) is 5.96. The normalized spacial score (nSPS) is 12.8. The van der Waals surface area contributed by atoms with Gasteiger partial charge in [0.2, 0.25) is 0 Å². The van der Waals surface area contributed by atoms with Gasteiger partial charge in [-0.05, 0) is 44.0 Å². The molecule has 37 heavy (non-hydrogen) atoms.